The number of hydrogen-bond donors (Lipinski definition) is 1. The predicted octanol–water partition coefficient (Wildman–Crippen LogP) is 2.18. The van der Waals surface area contributed by atoms with Gasteiger partial charge in [0.05, 0.1) is 5.56 Å². The van der Waals surface area contributed by atoms with Crippen molar-refractivity contribution >= 4 is 17.5 Å². The van der Waals surface area contributed by atoms with E-state index in [4.69, 9.17) is 0 Å². The highest BCUT2D eigenvalue weighted by Crippen LogP contribution is 2.33. The van der Waals surface area contributed by atoms with E-state index >= 15 is 0 Å². The summed E-state index contributed by atoms with van der Waals surface area (Å²) >= 11 is 0. The lowest BCUT2D eigenvalue weighted by molar-refractivity contribution is 0.0782. The number of benzene rings is 1. The van der Waals surface area contributed by atoms with E-state index in [1.54, 1.807) is 12.4 Å². The molecule has 5 rings (SSSR count). The van der Waals surface area contributed by atoms with Crippen LogP contribution < -0.4 is 5.32 Å². The molecular formula is C22H22N6O2. The van der Waals surface area contributed by atoms with Crippen LogP contribution in [0, 0.1) is 18.8 Å². The topological polar surface area (TPSA) is 93.0 Å². The van der Waals surface area contributed by atoms with Gasteiger partial charge in [-0.05, 0) is 42.5 Å². The molecule has 2 aliphatic heterocycles. The van der Waals surface area contributed by atoms with Crippen molar-refractivity contribution in [3.8, 4) is 0 Å². The van der Waals surface area contributed by atoms with Gasteiger partial charge in [-0.2, -0.15) is 0 Å². The molecule has 0 radical (unpaired) electrons. The molecular weight excluding hydrogens is 380 g/mol. The Balaban J connectivity index is 1.31. The number of aromatic nitrogens is 4. The summed E-state index contributed by atoms with van der Waals surface area (Å²) in [5, 5.41) is 11.3. The quantitative estimate of drug-likeness (QED) is 0.725. The van der Waals surface area contributed by atoms with Gasteiger partial charge in [-0.25, -0.2) is 0 Å². The molecule has 0 spiro atoms. The number of para-hydroxylation sites is 1. The Morgan fingerprint density at radius 1 is 1.03 bits per heavy atom. The van der Waals surface area contributed by atoms with Crippen molar-refractivity contribution in [2.75, 3.05) is 18.4 Å². The number of nitrogens with zero attached hydrogens (tertiary/aromatic N) is 5. The number of nitrogens with one attached hydrogen (secondary N) is 1. The first-order valence-corrected chi connectivity index (χ1v) is 10.1. The van der Waals surface area contributed by atoms with E-state index in [9.17, 15) is 9.59 Å². The minimum absolute atomic E-state index is 0.0124. The van der Waals surface area contributed by atoms with E-state index in [0.717, 1.165) is 17.1 Å². The maximum absolute atomic E-state index is 12.9. The number of aryl methyl sites for hydroxylation is 1. The first-order valence-electron chi connectivity index (χ1n) is 10.1. The van der Waals surface area contributed by atoms with Gasteiger partial charge >= 0.3 is 0 Å². The monoisotopic (exact) mass is 402 g/mol. The number of pyridine rings is 1. The molecule has 3 aromatic rings. The van der Waals surface area contributed by atoms with Crippen molar-refractivity contribution in [3.63, 3.8) is 0 Å². The molecule has 4 heterocycles. The van der Waals surface area contributed by atoms with Crippen LogP contribution in [0.3, 0.4) is 0 Å². The zero-order chi connectivity index (χ0) is 20.7. The SMILES string of the molecule is Cc1cncc(C(=O)N2C[C@H]3Cc4nnc(C(=O)Nc5ccccc5)n4C[C@@H]3C2)c1. The van der Waals surface area contributed by atoms with Crippen molar-refractivity contribution in [2.45, 2.75) is 19.9 Å². The zero-order valence-electron chi connectivity index (χ0n) is 16.7. The molecule has 2 atom stereocenters. The van der Waals surface area contributed by atoms with Gasteiger partial charge < -0.3 is 14.8 Å². The number of carbonyl (C=O) groups is 2. The summed E-state index contributed by atoms with van der Waals surface area (Å²) in [6, 6.07) is 11.2. The Morgan fingerprint density at radius 3 is 2.63 bits per heavy atom. The lowest BCUT2D eigenvalue weighted by Gasteiger charge is -2.25. The van der Waals surface area contributed by atoms with Crippen LogP contribution in [-0.4, -0.2) is 49.6 Å². The Kier molecular flexibility index (Phi) is 4.54. The van der Waals surface area contributed by atoms with Gasteiger partial charge in [-0.15, -0.1) is 10.2 Å². The summed E-state index contributed by atoms with van der Waals surface area (Å²) < 4.78 is 1.90. The molecule has 0 aliphatic carbocycles. The number of likely N-dealkylation sites (tertiary alicyclic amines) is 1. The molecule has 8 heteroatoms. The van der Waals surface area contributed by atoms with E-state index in [0.29, 0.717) is 43.4 Å². The summed E-state index contributed by atoms with van der Waals surface area (Å²) in [4.78, 5) is 31.7. The number of amides is 2. The second kappa shape index (κ2) is 7.37. The Morgan fingerprint density at radius 2 is 1.83 bits per heavy atom. The summed E-state index contributed by atoms with van der Waals surface area (Å²) in [7, 11) is 0. The molecule has 0 unspecified atom stereocenters. The summed E-state index contributed by atoms with van der Waals surface area (Å²) in [6.45, 7) is 3.92. The van der Waals surface area contributed by atoms with Crippen LogP contribution in [0.2, 0.25) is 0 Å². The average molecular weight is 402 g/mol. The van der Waals surface area contributed by atoms with Crippen LogP contribution in [0.4, 0.5) is 5.69 Å². The molecule has 2 aliphatic rings. The molecule has 1 N–H and O–H groups in total. The second-order valence-electron chi connectivity index (χ2n) is 8.06. The van der Waals surface area contributed by atoms with Crippen LogP contribution in [0.5, 0.6) is 0 Å². The Hall–Kier alpha value is -3.55. The smallest absolute Gasteiger partial charge is 0.293 e. The highest BCUT2D eigenvalue weighted by molar-refractivity contribution is 6.01. The third kappa shape index (κ3) is 3.34. The van der Waals surface area contributed by atoms with Gasteiger partial charge in [0.25, 0.3) is 11.8 Å². The summed E-state index contributed by atoms with van der Waals surface area (Å²) in [5.74, 6) is 1.47. The molecule has 1 aromatic carbocycles. The maximum Gasteiger partial charge on any atom is 0.293 e. The molecule has 152 valence electrons. The largest absolute Gasteiger partial charge is 0.338 e. The van der Waals surface area contributed by atoms with E-state index in [1.165, 1.54) is 0 Å². The Labute approximate surface area is 173 Å². The third-order valence-electron chi connectivity index (χ3n) is 5.91. The number of carbonyl (C=O) groups excluding carboxylic acids is 2. The maximum atomic E-state index is 12.9. The first kappa shape index (κ1) is 18.5. The van der Waals surface area contributed by atoms with E-state index in [2.05, 4.69) is 20.5 Å². The summed E-state index contributed by atoms with van der Waals surface area (Å²) in [6.07, 6.45) is 4.08. The molecule has 30 heavy (non-hydrogen) atoms. The molecule has 0 bridgehead atoms. The van der Waals surface area contributed by atoms with E-state index in [-0.39, 0.29) is 17.7 Å². The minimum Gasteiger partial charge on any atom is -0.338 e. The predicted molar refractivity (Wildman–Crippen MR) is 110 cm³/mol. The third-order valence-corrected chi connectivity index (χ3v) is 5.91. The van der Waals surface area contributed by atoms with Gasteiger partial charge in [0.2, 0.25) is 5.82 Å². The van der Waals surface area contributed by atoms with Crippen molar-refractivity contribution < 1.29 is 9.59 Å². The van der Waals surface area contributed by atoms with Crippen LogP contribution in [0.25, 0.3) is 0 Å². The fourth-order valence-corrected chi connectivity index (χ4v) is 4.42. The average Bonchev–Trinajstić information content (AvgIpc) is 3.35. The number of rotatable bonds is 3. The van der Waals surface area contributed by atoms with Crippen molar-refractivity contribution in [1.82, 2.24) is 24.6 Å². The lowest BCUT2D eigenvalue weighted by atomic mass is 9.89. The standard InChI is InChI=1S/C22H22N6O2/c1-14-7-15(10-23-9-14)22(30)27-11-16-8-19-25-26-20(28(19)13-17(16)12-27)21(29)24-18-5-3-2-4-6-18/h2-7,9-10,16-17H,8,11-13H2,1H3,(H,24,29)/t16-,17+/m1/s1. The molecule has 1 fully saturated rings. The molecule has 2 aromatic heterocycles. The van der Waals surface area contributed by atoms with Gasteiger partial charge in [-0.3, -0.25) is 14.6 Å². The fraction of sp³-hybridized carbons (Fsp3) is 0.318. The van der Waals surface area contributed by atoms with Crippen LogP contribution in [0.15, 0.2) is 48.8 Å². The number of hydrogen-bond acceptors (Lipinski definition) is 5. The van der Waals surface area contributed by atoms with Gasteiger partial charge in [0.1, 0.15) is 5.82 Å². The molecule has 1 saturated heterocycles. The highest BCUT2D eigenvalue weighted by Gasteiger charge is 2.40. The molecule has 0 saturated carbocycles. The number of anilines is 1. The number of fused-ring (bicyclic) bond motifs is 2. The fourth-order valence-electron chi connectivity index (χ4n) is 4.42. The van der Waals surface area contributed by atoms with E-state index < -0.39 is 0 Å². The van der Waals surface area contributed by atoms with Gasteiger partial charge in [-0.1, -0.05) is 18.2 Å². The Bertz CT molecular complexity index is 1110. The van der Waals surface area contributed by atoms with Crippen molar-refractivity contribution in [2.24, 2.45) is 11.8 Å². The summed E-state index contributed by atoms with van der Waals surface area (Å²) in [5.41, 5.74) is 2.31. The first-order chi connectivity index (χ1) is 14.6. The van der Waals surface area contributed by atoms with Gasteiger partial charge in [0, 0.05) is 44.1 Å². The van der Waals surface area contributed by atoms with Crippen molar-refractivity contribution in [1.29, 1.82) is 0 Å². The lowest BCUT2D eigenvalue weighted by Crippen LogP contribution is -2.31. The van der Waals surface area contributed by atoms with E-state index in [1.807, 2.05) is 52.8 Å². The van der Waals surface area contributed by atoms with Gasteiger partial charge in [0.15, 0.2) is 0 Å². The van der Waals surface area contributed by atoms with Crippen LogP contribution >= 0.6 is 0 Å². The minimum atomic E-state index is -0.268. The normalized spacial score (nSPS) is 19.8. The highest BCUT2D eigenvalue weighted by atomic mass is 16.2. The molecule has 8 nitrogen and oxygen atoms in total. The van der Waals surface area contributed by atoms with Crippen molar-refractivity contribution in [3.05, 3.63) is 71.6 Å². The van der Waals surface area contributed by atoms with Crippen LogP contribution in [-0.2, 0) is 13.0 Å². The zero-order valence-corrected chi connectivity index (χ0v) is 16.7. The second-order valence-corrected chi connectivity index (χ2v) is 8.06. The van der Waals surface area contributed by atoms with Crippen LogP contribution in [0.1, 0.15) is 32.4 Å². The molecule has 2 amide bonds.